The van der Waals surface area contributed by atoms with E-state index in [1.165, 1.54) is 12.4 Å². The van der Waals surface area contributed by atoms with Crippen molar-refractivity contribution in [2.45, 2.75) is 38.0 Å². The van der Waals surface area contributed by atoms with Crippen molar-refractivity contribution in [2.24, 2.45) is 5.92 Å². The number of pyridine rings is 1. The van der Waals surface area contributed by atoms with Crippen LogP contribution in [0.2, 0.25) is 0 Å². The van der Waals surface area contributed by atoms with Gasteiger partial charge in [-0.2, -0.15) is 5.26 Å². The maximum absolute atomic E-state index is 12.6. The van der Waals surface area contributed by atoms with E-state index in [4.69, 9.17) is 4.74 Å². The van der Waals surface area contributed by atoms with Gasteiger partial charge in [-0.05, 0) is 37.0 Å². The Balaban J connectivity index is 1.63. The third kappa shape index (κ3) is 4.77. The number of hydrogen-bond acceptors (Lipinski definition) is 7. The Morgan fingerprint density at radius 3 is 2.78 bits per heavy atom. The van der Waals surface area contributed by atoms with Crippen molar-refractivity contribution in [1.29, 1.82) is 5.26 Å². The lowest BCUT2D eigenvalue weighted by molar-refractivity contribution is -0.127. The second kappa shape index (κ2) is 9.05. The highest BCUT2D eigenvalue weighted by Crippen LogP contribution is 2.29. The smallest absolute Gasteiger partial charge is 0.223 e. The molecule has 0 bridgehead atoms. The molecule has 140 valence electrons. The first-order chi connectivity index (χ1) is 13.2. The van der Waals surface area contributed by atoms with Crippen LogP contribution in [-0.4, -0.2) is 40.1 Å². The molecule has 1 aliphatic rings. The van der Waals surface area contributed by atoms with Crippen LogP contribution in [0.15, 0.2) is 36.9 Å². The van der Waals surface area contributed by atoms with E-state index in [0.717, 1.165) is 18.4 Å². The Kier molecular flexibility index (Phi) is 6.28. The molecule has 27 heavy (non-hydrogen) atoms. The molecule has 0 saturated heterocycles. The zero-order chi connectivity index (χ0) is 19.1. The topological polar surface area (TPSA) is 113 Å². The first kappa shape index (κ1) is 18.7. The summed E-state index contributed by atoms with van der Waals surface area (Å²) in [6, 6.07) is 5.67. The summed E-state index contributed by atoms with van der Waals surface area (Å²) in [4.78, 5) is 24.8. The van der Waals surface area contributed by atoms with Gasteiger partial charge in [0.2, 0.25) is 5.91 Å². The SMILES string of the molecule is CO[C@@H]1CC[C@H](C(=O)NCc2ccncc2)C[C@H]1Nc1nccnc1C#N. The molecule has 0 unspecified atom stereocenters. The van der Waals surface area contributed by atoms with Gasteiger partial charge in [-0.1, -0.05) is 0 Å². The summed E-state index contributed by atoms with van der Waals surface area (Å²) in [6.07, 6.45) is 8.48. The quantitative estimate of drug-likeness (QED) is 0.799. The number of anilines is 1. The average Bonchev–Trinajstić information content (AvgIpc) is 2.73. The van der Waals surface area contributed by atoms with Gasteiger partial charge in [0.15, 0.2) is 11.5 Å². The number of nitrogens with one attached hydrogen (secondary N) is 2. The number of carbonyl (C=O) groups excluding carboxylic acids is 1. The van der Waals surface area contributed by atoms with Crippen molar-refractivity contribution in [3.8, 4) is 6.07 Å². The normalized spacial score (nSPS) is 21.9. The van der Waals surface area contributed by atoms with Crippen molar-refractivity contribution in [1.82, 2.24) is 20.3 Å². The molecule has 0 aliphatic heterocycles. The molecule has 1 saturated carbocycles. The summed E-state index contributed by atoms with van der Waals surface area (Å²) < 4.78 is 5.57. The lowest BCUT2D eigenvalue weighted by atomic mass is 9.83. The van der Waals surface area contributed by atoms with Crippen LogP contribution in [0, 0.1) is 17.2 Å². The van der Waals surface area contributed by atoms with Gasteiger partial charge in [0.05, 0.1) is 12.1 Å². The van der Waals surface area contributed by atoms with E-state index in [-0.39, 0.29) is 29.7 Å². The number of rotatable bonds is 6. The van der Waals surface area contributed by atoms with Gasteiger partial charge in [0.25, 0.3) is 0 Å². The Morgan fingerprint density at radius 2 is 2.04 bits per heavy atom. The minimum absolute atomic E-state index is 0.0211. The zero-order valence-electron chi connectivity index (χ0n) is 15.1. The van der Waals surface area contributed by atoms with Gasteiger partial charge in [0.1, 0.15) is 6.07 Å². The monoisotopic (exact) mass is 366 g/mol. The predicted octanol–water partition coefficient (Wildman–Crippen LogP) is 1.66. The number of amides is 1. The van der Waals surface area contributed by atoms with Crippen molar-refractivity contribution in [3.63, 3.8) is 0 Å². The minimum Gasteiger partial charge on any atom is -0.379 e. The zero-order valence-corrected chi connectivity index (χ0v) is 15.1. The van der Waals surface area contributed by atoms with Gasteiger partial charge in [-0.3, -0.25) is 9.78 Å². The summed E-state index contributed by atoms with van der Waals surface area (Å²) in [5.74, 6) is 0.315. The second-order valence-electron chi connectivity index (χ2n) is 6.47. The molecule has 8 heteroatoms. The third-order valence-corrected chi connectivity index (χ3v) is 4.80. The van der Waals surface area contributed by atoms with Crippen LogP contribution in [0.25, 0.3) is 0 Å². The summed E-state index contributed by atoms with van der Waals surface area (Å²) in [6.45, 7) is 0.479. The van der Waals surface area contributed by atoms with Crippen LogP contribution in [0.3, 0.4) is 0 Å². The van der Waals surface area contributed by atoms with Crippen molar-refractivity contribution in [2.75, 3.05) is 12.4 Å². The molecule has 0 spiro atoms. The number of nitriles is 1. The van der Waals surface area contributed by atoms with Crippen LogP contribution < -0.4 is 10.6 Å². The molecule has 2 heterocycles. The molecule has 8 nitrogen and oxygen atoms in total. The van der Waals surface area contributed by atoms with E-state index in [1.54, 1.807) is 19.5 Å². The second-order valence-corrected chi connectivity index (χ2v) is 6.47. The number of aromatic nitrogens is 3. The molecule has 1 aliphatic carbocycles. The maximum Gasteiger partial charge on any atom is 0.223 e. The first-order valence-corrected chi connectivity index (χ1v) is 8.88. The highest BCUT2D eigenvalue weighted by Gasteiger charge is 2.34. The lowest BCUT2D eigenvalue weighted by Crippen LogP contribution is -2.45. The molecule has 3 atom stereocenters. The molecule has 1 fully saturated rings. The molecular weight excluding hydrogens is 344 g/mol. The molecule has 3 rings (SSSR count). The van der Waals surface area contributed by atoms with E-state index in [2.05, 4.69) is 25.6 Å². The van der Waals surface area contributed by atoms with Gasteiger partial charge in [-0.25, -0.2) is 9.97 Å². The van der Waals surface area contributed by atoms with E-state index < -0.39 is 0 Å². The average molecular weight is 366 g/mol. The summed E-state index contributed by atoms with van der Waals surface area (Å²) in [5, 5.41) is 15.4. The van der Waals surface area contributed by atoms with Crippen molar-refractivity contribution >= 4 is 11.7 Å². The van der Waals surface area contributed by atoms with Gasteiger partial charge >= 0.3 is 0 Å². The van der Waals surface area contributed by atoms with E-state index in [0.29, 0.717) is 18.8 Å². The maximum atomic E-state index is 12.6. The van der Waals surface area contributed by atoms with E-state index in [1.807, 2.05) is 18.2 Å². The fourth-order valence-corrected chi connectivity index (χ4v) is 3.35. The molecule has 0 radical (unpaired) electrons. The van der Waals surface area contributed by atoms with Gasteiger partial charge < -0.3 is 15.4 Å². The lowest BCUT2D eigenvalue weighted by Gasteiger charge is -2.35. The summed E-state index contributed by atoms with van der Waals surface area (Å²) in [7, 11) is 1.66. The Bertz CT molecular complexity index is 807. The number of ether oxygens (including phenoxy) is 1. The van der Waals surface area contributed by atoms with Crippen LogP contribution in [-0.2, 0) is 16.1 Å². The predicted molar refractivity (Wildman–Crippen MR) is 98.4 cm³/mol. The highest BCUT2D eigenvalue weighted by molar-refractivity contribution is 5.78. The molecule has 0 aromatic carbocycles. The third-order valence-electron chi connectivity index (χ3n) is 4.80. The molecule has 1 amide bonds. The highest BCUT2D eigenvalue weighted by atomic mass is 16.5. The number of nitrogens with zero attached hydrogens (tertiary/aromatic N) is 4. The fraction of sp³-hybridized carbons (Fsp3) is 0.421. The molecular formula is C19H22N6O2. The van der Waals surface area contributed by atoms with Crippen molar-refractivity contribution in [3.05, 3.63) is 48.2 Å². The van der Waals surface area contributed by atoms with Gasteiger partial charge in [-0.15, -0.1) is 0 Å². The Morgan fingerprint density at radius 1 is 1.26 bits per heavy atom. The Hall–Kier alpha value is -3.05. The summed E-state index contributed by atoms with van der Waals surface area (Å²) in [5.41, 5.74) is 1.24. The summed E-state index contributed by atoms with van der Waals surface area (Å²) >= 11 is 0. The standard InChI is InChI=1S/C19H22N6O2/c1-27-17-3-2-14(19(26)24-12-13-4-6-21-7-5-13)10-15(17)25-18-16(11-20)22-8-9-23-18/h4-9,14-15,17H,2-3,10,12H2,1H3,(H,23,25)(H,24,26)/t14-,15+,17+/m0/s1. The van der Waals surface area contributed by atoms with Crippen LogP contribution in [0.5, 0.6) is 0 Å². The number of carbonyl (C=O) groups is 1. The largest absolute Gasteiger partial charge is 0.379 e. The molecule has 2 N–H and O–H groups in total. The van der Waals surface area contributed by atoms with Crippen molar-refractivity contribution < 1.29 is 9.53 Å². The first-order valence-electron chi connectivity index (χ1n) is 8.88. The molecule has 2 aromatic rings. The van der Waals surface area contributed by atoms with E-state index >= 15 is 0 Å². The van der Waals surface area contributed by atoms with Crippen LogP contribution >= 0.6 is 0 Å². The van der Waals surface area contributed by atoms with Gasteiger partial charge in [0, 0.05) is 44.4 Å². The van der Waals surface area contributed by atoms with Crippen LogP contribution in [0.1, 0.15) is 30.5 Å². The molecule has 2 aromatic heterocycles. The number of methoxy groups -OCH3 is 1. The fourth-order valence-electron chi connectivity index (χ4n) is 3.35. The number of hydrogen-bond donors (Lipinski definition) is 2. The van der Waals surface area contributed by atoms with E-state index in [9.17, 15) is 10.1 Å². The minimum atomic E-state index is -0.127. The van der Waals surface area contributed by atoms with Crippen LogP contribution in [0.4, 0.5) is 5.82 Å². The Labute approximate surface area is 158 Å².